The van der Waals surface area contributed by atoms with Crippen LogP contribution in [0.15, 0.2) is 65.8 Å². The van der Waals surface area contributed by atoms with Crippen LogP contribution in [0, 0.1) is 6.92 Å². The lowest BCUT2D eigenvalue weighted by atomic mass is 9.85. The average molecular weight is 504 g/mol. The van der Waals surface area contributed by atoms with Crippen molar-refractivity contribution in [2.45, 2.75) is 52.7 Å². The first-order chi connectivity index (χ1) is 17.4. The van der Waals surface area contributed by atoms with E-state index in [2.05, 4.69) is 15.5 Å². The summed E-state index contributed by atoms with van der Waals surface area (Å²) in [6.45, 7) is 9.70. The number of carbonyl (C=O) groups excluding carboxylic acids is 3. The third kappa shape index (κ3) is 4.82. The number of nitrogens with one attached hydrogen (secondary N) is 1. The molecule has 10 nitrogen and oxygen atoms in total. The summed E-state index contributed by atoms with van der Waals surface area (Å²) in [6.07, 6.45) is -0.842. The monoisotopic (exact) mass is 503 g/mol. The molecule has 0 bridgehead atoms. The second kappa shape index (κ2) is 9.53. The number of alkyl carbamates (subject to hydrolysis) is 1. The number of hydrogen-bond acceptors (Lipinski definition) is 7. The number of carbonyl (C=O) groups is 3. The van der Waals surface area contributed by atoms with Crippen LogP contribution < -0.4 is 15.1 Å². The van der Waals surface area contributed by atoms with Crippen LogP contribution in [-0.2, 0) is 19.9 Å². The molecule has 0 saturated carbocycles. The van der Waals surface area contributed by atoms with Crippen molar-refractivity contribution >= 4 is 29.4 Å². The van der Waals surface area contributed by atoms with E-state index in [0.717, 1.165) is 0 Å². The molecule has 0 radical (unpaired) electrons. The molecule has 0 unspecified atom stereocenters. The van der Waals surface area contributed by atoms with Gasteiger partial charge in [-0.05, 0) is 58.9 Å². The molecule has 37 heavy (non-hydrogen) atoms. The van der Waals surface area contributed by atoms with Crippen molar-refractivity contribution in [2.75, 3.05) is 5.01 Å². The van der Waals surface area contributed by atoms with Crippen molar-refractivity contribution in [2.24, 2.45) is 5.10 Å². The maximum Gasteiger partial charge on any atom is 0.409 e. The Morgan fingerprint density at radius 1 is 0.946 bits per heavy atom. The second-order valence-corrected chi connectivity index (χ2v) is 9.62. The minimum Gasteiger partial charge on any atom is -0.444 e. The summed E-state index contributed by atoms with van der Waals surface area (Å²) >= 11 is 0. The van der Waals surface area contributed by atoms with Crippen molar-refractivity contribution in [1.29, 1.82) is 0 Å². The zero-order valence-electron chi connectivity index (χ0n) is 21.6. The van der Waals surface area contributed by atoms with Crippen LogP contribution in [-0.4, -0.2) is 39.1 Å². The largest absolute Gasteiger partial charge is 0.444 e. The molecule has 1 aliphatic heterocycles. The molecule has 1 aliphatic rings. The van der Waals surface area contributed by atoms with Gasteiger partial charge in [0.05, 0.1) is 28.3 Å². The molecule has 0 fully saturated rings. The molecule has 2 aromatic carbocycles. The van der Waals surface area contributed by atoms with Gasteiger partial charge in [-0.25, -0.2) is 9.48 Å². The first-order valence-corrected chi connectivity index (χ1v) is 11.7. The zero-order chi connectivity index (χ0) is 27.0. The fraction of sp³-hybridized carbons (Fsp3) is 0.296. The summed E-state index contributed by atoms with van der Waals surface area (Å²) in [5, 5.41) is 13.1. The third-order valence-corrected chi connectivity index (χ3v) is 5.63. The average Bonchev–Trinajstić information content (AvgIpc) is 3.27. The molecule has 0 spiro atoms. The van der Waals surface area contributed by atoms with Gasteiger partial charge in [0, 0.05) is 6.92 Å². The fourth-order valence-electron chi connectivity index (χ4n) is 4.19. The van der Waals surface area contributed by atoms with Gasteiger partial charge in [-0.1, -0.05) is 36.4 Å². The van der Waals surface area contributed by atoms with Crippen LogP contribution >= 0.6 is 0 Å². The number of hydrogen-bond donors (Lipinski definition) is 1. The lowest BCUT2D eigenvalue weighted by Gasteiger charge is -2.31. The summed E-state index contributed by atoms with van der Waals surface area (Å²) in [4.78, 5) is 39.6. The molecule has 2 heterocycles. The third-order valence-electron chi connectivity index (χ3n) is 5.63. The summed E-state index contributed by atoms with van der Waals surface area (Å²) in [7, 11) is 0. The quantitative estimate of drug-likeness (QED) is 0.521. The number of nitrogens with zero attached hydrogens (tertiary/aromatic N) is 4. The number of rotatable bonds is 5. The van der Waals surface area contributed by atoms with Crippen LogP contribution in [0.5, 0.6) is 5.88 Å². The van der Waals surface area contributed by atoms with Gasteiger partial charge in [-0.15, -0.1) is 0 Å². The number of hydrazone groups is 1. The Kier molecular flexibility index (Phi) is 6.60. The van der Waals surface area contributed by atoms with Gasteiger partial charge in [0.15, 0.2) is 5.54 Å². The van der Waals surface area contributed by atoms with Crippen LogP contribution in [0.1, 0.15) is 45.9 Å². The smallest absolute Gasteiger partial charge is 0.409 e. The molecule has 3 aromatic rings. The van der Waals surface area contributed by atoms with Gasteiger partial charge < -0.3 is 9.47 Å². The highest BCUT2D eigenvalue weighted by Crippen LogP contribution is 2.41. The molecule has 4 rings (SSSR count). The van der Waals surface area contributed by atoms with E-state index in [1.54, 1.807) is 71.0 Å². The van der Waals surface area contributed by atoms with Crippen molar-refractivity contribution < 1.29 is 23.9 Å². The number of benzene rings is 2. The number of ether oxygens (including phenoxy) is 2. The molecule has 0 saturated heterocycles. The maximum atomic E-state index is 14.2. The Labute approximate surface area is 214 Å². The lowest BCUT2D eigenvalue weighted by Crippen LogP contribution is -2.57. The van der Waals surface area contributed by atoms with Crippen molar-refractivity contribution in [1.82, 2.24) is 15.1 Å². The van der Waals surface area contributed by atoms with E-state index < -0.39 is 29.1 Å². The molecule has 0 aliphatic carbocycles. The molecule has 1 atom stereocenters. The molecule has 1 N–H and O–H groups in total. The molecular weight excluding hydrogens is 474 g/mol. The summed E-state index contributed by atoms with van der Waals surface area (Å²) in [6, 6.07) is 17.8. The lowest BCUT2D eigenvalue weighted by molar-refractivity contribution is -0.132. The minimum atomic E-state index is -1.86. The first-order valence-electron chi connectivity index (χ1n) is 11.7. The normalized spacial score (nSPS) is 17.4. The number of esters is 1. The van der Waals surface area contributed by atoms with E-state index in [0.29, 0.717) is 17.1 Å². The van der Waals surface area contributed by atoms with Crippen LogP contribution in [0.2, 0.25) is 0 Å². The zero-order valence-corrected chi connectivity index (χ0v) is 21.6. The van der Waals surface area contributed by atoms with Crippen molar-refractivity contribution in [3.05, 3.63) is 71.9 Å². The Hall–Kier alpha value is -4.47. The van der Waals surface area contributed by atoms with E-state index in [1.807, 2.05) is 24.3 Å². The van der Waals surface area contributed by atoms with Gasteiger partial charge >= 0.3 is 12.1 Å². The highest BCUT2D eigenvalue weighted by atomic mass is 16.6. The Morgan fingerprint density at radius 3 is 2.05 bits per heavy atom. The highest BCUT2D eigenvalue weighted by Gasteiger charge is 2.57. The summed E-state index contributed by atoms with van der Waals surface area (Å²) in [5.74, 6) is -1.21. The standard InChI is InChI=1S/C27H29N5O5/c1-17-22(23(36-19(3)33)31(29-17)20-13-9-7-10-14-20)27(28-25(35)37-26(4,5)6)18(2)30-32(24(27)34)21-15-11-8-12-16-21/h7-16H,1-6H3,(H,28,35)/t27-/m1/s1. The van der Waals surface area contributed by atoms with Crippen LogP contribution in [0.25, 0.3) is 5.69 Å². The summed E-state index contributed by atoms with van der Waals surface area (Å²) in [5.41, 5.74) is -0.811. The van der Waals surface area contributed by atoms with Crippen molar-refractivity contribution in [3.63, 3.8) is 0 Å². The first kappa shape index (κ1) is 25.6. The Balaban J connectivity index is 1.97. The second-order valence-electron chi connectivity index (χ2n) is 9.62. The van der Waals surface area contributed by atoms with E-state index in [4.69, 9.17) is 9.47 Å². The molecule has 192 valence electrons. The number of aryl methyl sites for hydroxylation is 1. The van der Waals surface area contributed by atoms with Gasteiger partial charge in [0.25, 0.3) is 5.91 Å². The van der Waals surface area contributed by atoms with E-state index >= 15 is 0 Å². The van der Waals surface area contributed by atoms with E-state index in [1.165, 1.54) is 16.6 Å². The van der Waals surface area contributed by atoms with E-state index in [-0.39, 0.29) is 17.2 Å². The number of para-hydroxylation sites is 2. The fourth-order valence-corrected chi connectivity index (χ4v) is 4.19. The highest BCUT2D eigenvalue weighted by molar-refractivity contribution is 6.24. The number of amides is 2. The van der Waals surface area contributed by atoms with Crippen molar-refractivity contribution in [3.8, 4) is 11.6 Å². The molecule has 2 amide bonds. The molecule has 10 heteroatoms. The molecule has 1 aromatic heterocycles. The topological polar surface area (TPSA) is 115 Å². The number of anilines is 1. The number of aromatic nitrogens is 2. The SMILES string of the molecule is CC(=O)Oc1c([C@@]2(NC(=O)OC(C)(C)C)C(=O)N(c3ccccc3)N=C2C)c(C)nn1-c1ccccc1. The Bertz CT molecular complexity index is 1380. The van der Waals surface area contributed by atoms with Gasteiger partial charge in [-0.2, -0.15) is 15.2 Å². The summed E-state index contributed by atoms with van der Waals surface area (Å²) < 4.78 is 12.6. The van der Waals surface area contributed by atoms with Gasteiger partial charge in [0.1, 0.15) is 5.60 Å². The Morgan fingerprint density at radius 2 is 1.51 bits per heavy atom. The molecular formula is C27H29N5O5. The van der Waals surface area contributed by atoms with Crippen LogP contribution in [0.4, 0.5) is 10.5 Å². The minimum absolute atomic E-state index is 0.00919. The van der Waals surface area contributed by atoms with E-state index in [9.17, 15) is 14.4 Å². The predicted molar refractivity (Wildman–Crippen MR) is 138 cm³/mol. The maximum absolute atomic E-state index is 14.2. The van der Waals surface area contributed by atoms with Gasteiger partial charge in [-0.3, -0.25) is 14.9 Å². The van der Waals surface area contributed by atoms with Crippen LogP contribution in [0.3, 0.4) is 0 Å². The van der Waals surface area contributed by atoms with Gasteiger partial charge in [0.2, 0.25) is 5.88 Å². The predicted octanol–water partition coefficient (Wildman–Crippen LogP) is 4.25.